The summed E-state index contributed by atoms with van der Waals surface area (Å²) in [6.45, 7) is 5.18. The predicted molar refractivity (Wildman–Crippen MR) is 154 cm³/mol. The van der Waals surface area contributed by atoms with E-state index in [0.29, 0.717) is 13.3 Å². The van der Waals surface area contributed by atoms with Gasteiger partial charge in [0.15, 0.2) is 17.7 Å². The highest BCUT2D eigenvalue weighted by atomic mass is 19.4. The average molecular weight is 665 g/mol. The van der Waals surface area contributed by atoms with Crippen molar-refractivity contribution in [3.8, 4) is 11.8 Å². The molecule has 10 atom stereocenters. The maximum atomic E-state index is 15.2. The number of hydrogen-bond donors (Lipinski definition) is 2. The van der Waals surface area contributed by atoms with Crippen LogP contribution in [0.4, 0.5) is 28.2 Å². The highest BCUT2D eigenvalue weighted by Gasteiger charge is 2.65. The Bertz CT molecular complexity index is 1530. The number of anilines is 1. The Morgan fingerprint density at radius 3 is 2.60 bits per heavy atom. The molecule has 47 heavy (non-hydrogen) atoms. The fraction of sp³-hybridized carbons (Fsp3) is 0.677. The van der Waals surface area contributed by atoms with Crippen LogP contribution in [0, 0.1) is 40.4 Å². The van der Waals surface area contributed by atoms with E-state index in [4.69, 9.17) is 4.74 Å². The quantitative estimate of drug-likeness (QED) is 0.466. The van der Waals surface area contributed by atoms with Crippen molar-refractivity contribution in [3.63, 3.8) is 0 Å². The summed E-state index contributed by atoms with van der Waals surface area (Å²) in [7, 11) is 0. The third-order valence-electron chi connectivity index (χ3n) is 10.4. The second-order valence-corrected chi connectivity index (χ2v) is 14.3. The maximum absolute atomic E-state index is 15.2. The molecule has 1 spiro atoms. The molecule has 254 valence electrons. The molecule has 4 fully saturated rings. The van der Waals surface area contributed by atoms with Gasteiger partial charge in [0.05, 0.1) is 12.6 Å². The van der Waals surface area contributed by atoms with Gasteiger partial charge in [0.25, 0.3) is 5.91 Å². The van der Waals surface area contributed by atoms with Crippen LogP contribution in [0.25, 0.3) is 0 Å². The Morgan fingerprint density at radius 1 is 1.21 bits per heavy atom. The second-order valence-electron chi connectivity index (χ2n) is 14.3. The van der Waals surface area contributed by atoms with E-state index in [9.17, 15) is 37.6 Å². The molecule has 2 N–H and O–H groups in total. The lowest BCUT2D eigenvalue weighted by atomic mass is 9.77. The number of hydrogen-bond acceptors (Lipinski definition) is 8. The average Bonchev–Trinajstić information content (AvgIpc) is 3.74. The first kappa shape index (κ1) is 32.8. The molecule has 4 heterocycles. The van der Waals surface area contributed by atoms with E-state index in [0.717, 1.165) is 0 Å². The van der Waals surface area contributed by atoms with Gasteiger partial charge < -0.3 is 29.9 Å². The molecule has 0 aromatic carbocycles. The molecule has 2 saturated heterocycles. The third-order valence-corrected chi connectivity index (χ3v) is 10.4. The molecule has 1 aromatic rings. The highest BCUT2D eigenvalue weighted by Crippen LogP contribution is 2.59. The lowest BCUT2D eigenvalue weighted by Gasteiger charge is -2.39. The van der Waals surface area contributed by atoms with E-state index in [1.165, 1.54) is 16.0 Å². The van der Waals surface area contributed by atoms with Crippen molar-refractivity contribution in [1.82, 2.24) is 20.1 Å². The molecule has 5 aliphatic rings. The van der Waals surface area contributed by atoms with E-state index < -0.39 is 83.2 Å². The Balaban J connectivity index is 1.31. The van der Waals surface area contributed by atoms with Gasteiger partial charge in [-0.2, -0.15) is 18.4 Å². The van der Waals surface area contributed by atoms with Crippen LogP contribution in [0.5, 0.6) is 5.75 Å². The predicted octanol–water partition coefficient (Wildman–Crippen LogP) is 3.19. The number of carbonyl (C=O) groups is 4. The van der Waals surface area contributed by atoms with Crippen molar-refractivity contribution in [2.24, 2.45) is 29.1 Å². The number of fused-ring (bicyclic) bond motifs is 6. The fourth-order valence-electron chi connectivity index (χ4n) is 8.12. The minimum absolute atomic E-state index is 0.0578. The SMILES string of the molecule is C[C@H](OC(=O)N[C@H](C(=O)N1C[C@@H]2[C@H]3C[C@@H]([C@@H]2[C@H]1C(=O)N1C[C@@]2(C[C@H]1C#N)Oc1cccnc1NC2=O)[C@H](F)C3)C(C)(C)C)C(F)(F)F. The summed E-state index contributed by atoms with van der Waals surface area (Å²) in [5.74, 6) is -3.02. The first-order valence-corrected chi connectivity index (χ1v) is 15.6. The number of nitriles is 1. The number of aromatic nitrogens is 1. The summed E-state index contributed by atoms with van der Waals surface area (Å²) in [6.07, 6.45) is -7.81. The van der Waals surface area contributed by atoms with Crippen LogP contribution in [-0.2, 0) is 19.1 Å². The number of alkyl halides is 4. The maximum Gasteiger partial charge on any atom is 0.425 e. The number of carbonyl (C=O) groups excluding carboxylic acids is 4. The lowest BCUT2D eigenvalue weighted by molar-refractivity contribution is -0.197. The number of nitrogens with zero attached hydrogens (tertiary/aromatic N) is 4. The zero-order valence-corrected chi connectivity index (χ0v) is 26.2. The van der Waals surface area contributed by atoms with E-state index in [2.05, 4.69) is 26.4 Å². The van der Waals surface area contributed by atoms with Crippen LogP contribution in [0.1, 0.15) is 47.0 Å². The normalized spacial score (nSPS) is 33.8. The van der Waals surface area contributed by atoms with Gasteiger partial charge in [-0.15, -0.1) is 0 Å². The molecule has 0 unspecified atom stereocenters. The lowest BCUT2D eigenvalue weighted by Crippen LogP contribution is -2.60. The number of halogens is 4. The Morgan fingerprint density at radius 2 is 1.94 bits per heavy atom. The molecule has 4 amide bonds. The Labute approximate surface area is 268 Å². The van der Waals surface area contributed by atoms with Gasteiger partial charge in [0.1, 0.15) is 24.3 Å². The van der Waals surface area contributed by atoms with Gasteiger partial charge >= 0.3 is 12.3 Å². The standard InChI is InChI=1S/C31H36F4N6O6/c1-14(31(33,34)35)46-28(45)38-23(29(2,3)4)26(43)40-12-18-15-8-17(19(32)9-15)21(18)22(40)25(42)41-13-30(10-16(41)11-36)27(44)39-24-20(47-30)6-5-7-37-24/h5-7,14-19,21-23H,8-10,12-13H2,1-4H3,(H,38,45)(H,37,39,44)/t14-,15-,16-,17+,18+,19+,21-,22-,23+,30+/m0/s1. The Kier molecular flexibility index (Phi) is 7.83. The molecule has 1 aromatic heterocycles. The molecule has 6 rings (SSSR count). The van der Waals surface area contributed by atoms with Crippen molar-refractivity contribution in [3.05, 3.63) is 18.3 Å². The highest BCUT2D eigenvalue weighted by molar-refractivity contribution is 6.01. The molecular formula is C31H36F4N6O6. The van der Waals surface area contributed by atoms with Crippen molar-refractivity contribution in [1.29, 1.82) is 5.26 Å². The van der Waals surface area contributed by atoms with Gasteiger partial charge in [-0.3, -0.25) is 14.4 Å². The number of nitrogens with one attached hydrogen (secondary N) is 2. The Hall–Kier alpha value is -4.16. The topological polar surface area (TPSA) is 154 Å². The summed E-state index contributed by atoms with van der Waals surface area (Å²) in [4.78, 5) is 61.4. The minimum atomic E-state index is -4.83. The number of pyridine rings is 1. The molecule has 2 saturated carbocycles. The van der Waals surface area contributed by atoms with Gasteiger partial charge in [-0.25, -0.2) is 14.2 Å². The van der Waals surface area contributed by atoms with E-state index >= 15 is 4.39 Å². The number of amides is 4. The molecule has 0 radical (unpaired) electrons. The first-order valence-electron chi connectivity index (χ1n) is 15.6. The largest absolute Gasteiger partial charge is 0.472 e. The van der Waals surface area contributed by atoms with Crippen molar-refractivity contribution in [2.75, 3.05) is 18.4 Å². The summed E-state index contributed by atoms with van der Waals surface area (Å²) < 4.78 is 65.1. The number of rotatable bonds is 4. The summed E-state index contributed by atoms with van der Waals surface area (Å²) in [6, 6.07) is 1.47. The van der Waals surface area contributed by atoms with Crippen LogP contribution in [0.2, 0.25) is 0 Å². The van der Waals surface area contributed by atoms with Crippen molar-refractivity contribution < 1.29 is 46.2 Å². The smallest absolute Gasteiger partial charge is 0.425 e. The summed E-state index contributed by atoms with van der Waals surface area (Å²) >= 11 is 0. The van der Waals surface area contributed by atoms with Crippen LogP contribution in [0.15, 0.2) is 18.3 Å². The zero-order chi connectivity index (χ0) is 34.2. The van der Waals surface area contributed by atoms with Gasteiger partial charge in [0, 0.05) is 19.2 Å². The monoisotopic (exact) mass is 664 g/mol. The van der Waals surface area contributed by atoms with Gasteiger partial charge in [-0.05, 0) is 61.0 Å². The zero-order valence-electron chi connectivity index (χ0n) is 26.2. The van der Waals surface area contributed by atoms with Gasteiger partial charge in [-0.1, -0.05) is 20.8 Å². The second kappa shape index (κ2) is 11.2. The molecular weight excluding hydrogens is 628 g/mol. The fourth-order valence-corrected chi connectivity index (χ4v) is 8.12. The number of ether oxygens (including phenoxy) is 2. The van der Waals surface area contributed by atoms with E-state index in [1.807, 2.05) is 0 Å². The van der Waals surface area contributed by atoms with E-state index in [-0.39, 0.29) is 49.3 Å². The van der Waals surface area contributed by atoms with Crippen LogP contribution < -0.4 is 15.4 Å². The van der Waals surface area contributed by atoms with Crippen LogP contribution in [-0.4, -0.2) is 93.9 Å². The van der Waals surface area contributed by atoms with Gasteiger partial charge in [0.2, 0.25) is 17.4 Å². The van der Waals surface area contributed by atoms with E-state index in [1.54, 1.807) is 32.9 Å². The molecule has 3 aliphatic heterocycles. The third kappa shape index (κ3) is 5.50. The summed E-state index contributed by atoms with van der Waals surface area (Å²) in [5.41, 5.74) is -2.67. The molecule has 16 heteroatoms. The molecule has 12 nitrogen and oxygen atoms in total. The van der Waals surface area contributed by atoms with Crippen molar-refractivity contribution >= 4 is 29.6 Å². The molecule has 2 bridgehead atoms. The number of alkyl carbamates (subject to hydrolysis) is 1. The number of likely N-dealkylation sites (tertiary alicyclic amines) is 2. The first-order chi connectivity index (χ1) is 21.9. The molecule has 2 aliphatic carbocycles. The summed E-state index contributed by atoms with van der Waals surface area (Å²) in [5, 5.41) is 15.1. The van der Waals surface area contributed by atoms with Crippen molar-refractivity contribution in [2.45, 2.75) is 89.1 Å². The van der Waals surface area contributed by atoms with Crippen LogP contribution >= 0.6 is 0 Å². The minimum Gasteiger partial charge on any atom is -0.472 e. The van der Waals surface area contributed by atoms with Crippen LogP contribution in [0.3, 0.4) is 0 Å².